The third-order valence-electron chi connectivity index (χ3n) is 4.50. The number of pyridine rings is 2. The van der Waals surface area contributed by atoms with Crippen LogP contribution in [0.4, 0.5) is 20.2 Å². The molecule has 3 rings (SSSR count). The summed E-state index contributed by atoms with van der Waals surface area (Å²) in [6.45, 7) is 6.42. The van der Waals surface area contributed by atoms with E-state index in [4.69, 9.17) is 10.1 Å². The molecule has 0 saturated heterocycles. The van der Waals surface area contributed by atoms with Crippen molar-refractivity contribution in [2.24, 2.45) is 7.05 Å². The molecule has 0 atom stereocenters. The van der Waals surface area contributed by atoms with Gasteiger partial charge in [0.15, 0.2) is 0 Å². The van der Waals surface area contributed by atoms with Crippen LogP contribution < -0.4 is 15.4 Å². The van der Waals surface area contributed by atoms with Crippen LogP contribution in [0.2, 0.25) is 0 Å². The number of aryl methyl sites for hydroxylation is 1. The molecule has 0 unspecified atom stereocenters. The second-order valence-corrected chi connectivity index (χ2v) is 7.46. The van der Waals surface area contributed by atoms with Crippen LogP contribution in [0.5, 0.6) is 5.88 Å². The van der Waals surface area contributed by atoms with Crippen molar-refractivity contribution >= 4 is 17.1 Å². The Labute approximate surface area is 185 Å². The van der Waals surface area contributed by atoms with E-state index in [2.05, 4.69) is 25.7 Å². The molecule has 3 heterocycles. The van der Waals surface area contributed by atoms with E-state index in [-0.39, 0.29) is 11.7 Å². The van der Waals surface area contributed by atoms with Gasteiger partial charge in [-0.25, -0.2) is 18.7 Å². The molecule has 0 saturated carbocycles. The summed E-state index contributed by atoms with van der Waals surface area (Å²) in [5.41, 5.74) is 1.76. The number of hydrogen-bond donors (Lipinski definition) is 3. The molecule has 0 aromatic carbocycles. The van der Waals surface area contributed by atoms with Crippen molar-refractivity contribution in [3.05, 3.63) is 48.0 Å². The monoisotopic (exact) mass is 443 g/mol. The summed E-state index contributed by atoms with van der Waals surface area (Å²) in [6, 6.07) is 5.17. The van der Waals surface area contributed by atoms with Gasteiger partial charge in [-0.3, -0.25) is 10.1 Å². The second-order valence-electron chi connectivity index (χ2n) is 7.46. The van der Waals surface area contributed by atoms with Crippen LogP contribution in [-0.4, -0.2) is 44.5 Å². The Balaban J connectivity index is 2.15. The number of halogens is 2. The highest BCUT2D eigenvalue weighted by Crippen LogP contribution is 2.35. The molecular formula is C22H27F2N7O. The largest absolute Gasteiger partial charge is 0.477 e. The molecule has 3 aromatic heterocycles. The van der Waals surface area contributed by atoms with Gasteiger partial charge >= 0.3 is 0 Å². The summed E-state index contributed by atoms with van der Waals surface area (Å²) in [6.07, 6.45) is 2.20. The van der Waals surface area contributed by atoms with Crippen LogP contribution in [0.1, 0.15) is 32.0 Å². The number of nitrogens with one attached hydrogen (secondary N) is 3. The molecule has 3 aromatic rings. The Bertz CT molecular complexity index is 1080. The number of nitrogens with zero attached hydrogens (tertiary/aromatic N) is 4. The normalized spacial score (nSPS) is 11.1. The lowest BCUT2D eigenvalue weighted by Crippen LogP contribution is -2.21. The van der Waals surface area contributed by atoms with E-state index in [1.54, 1.807) is 35.3 Å². The third kappa shape index (κ3) is 5.37. The van der Waals surface area contributed by atoms with E-state index in [0.717, 1.165) is 5.56 Å². The quantitative estimate of drug-likeness (QED) is 0.403. The van der Waals surface area contributed by atoms with Gasteiger partial charge < -0.3 is 15.4 Å². The van der Waals surface area contributed by atoms with Crippen LogP contribution in [-0.2, 0) is 13.6 Å². The van der Waals surface area contributed by atoms with Crippen molar-refractivity contribution in [3.63, 3.8) is 0 Å². The predicted octanol–water partition coefficient (Wildman–Crippen LogP) is 4.34. The van der Waals surface area contributed by atoms with Crippen molar-refractivity contribution in [1.29, 1.82) is 5.41 Å². The molecule has 0 bridgehead atoms. The molecule has 0 aliphatic carbocycles. The van der Waals surface area contributed by atoms with Crippen molar-refractivity contribution < 1.29 is 13.5 Å². The average molecular weight is 444 g/mol. The smallest absolute Gasteiger partial charge is 0.281 e. The second kappa shape index (κ2) is 10.2. The fourth-order valence-electron chi connectivity index (χ4n) is 3.15. The van der Waals surface area contributed by atoms with Gasteiger partial charge in [-0.15, -0.1) is 0 Å². The molecule has 3 N–H and O–H groups in total. The van der Waals surface area contributed by atoms with E-state index in [0.29, 0.717) is 41.7 Å². The minimum absolute atomic E-state index is 0.0665. The molecule has 0 spiro atoms. The van der Waals surface area contributed by atoms with Crippen LogP contribution in [0.25, 0.3) is 11.3 Å². The highest BCUT2D eigenvalue weighted by molar-refractivity contribution is 6.06. The summed E-state index contributed by atoms with van der Waals surface area (Å²) >= 11 is 0. The summed E-state index contributed by atoms with van der Waals surface area (Å²) < 4.78 is 34.5. The lowest BCUT2D eigenvalue weighted by atomic mass is 10.1. The van der Waals surface area contributed by atoms with Gasteiger partial charge in [-0.05, 0) is 39.0 Å². The first-order valence-corrected chi connectivity index (χ1v) is 10.3. The van der Waals surface area contributed by atoms with E-state index < -0.39 is 12.1 Å². The maximum absolute atomic E-state index is 13.6. The minimum atomic E-state index is -2.98. The lowest BCUT2D eigenvalue weighted by molar-refractivity contribution is 0.225. The van der Waals surface area contributed by atoms with Gasteiger partial charge in [0, 0.05) is 37.6 Å². The van der Waals surface area contributed by atoms with Crippen molar-refractivity contribution in [1.82, 2.24) is 19.7 Å². The van der Waals surface area contributed by atoms with E-state index in [1.165, 1.54) is 0 Å². The van der Waals surface area contributed by atoms with Crippen molar-refractivity contribution in [2.45, 2.75) is 39.8 Å². The number of rotatable bonds is 10. The maximum atomic E-state index is 13.6. The van der Waals surface area contributed by atoms with Gasteiger partial charge in [-0.2, -0.15) is 5.10 Å². The number of ether oxygens (including phenoxy) is 1. The molecule has 8 nitrogen and oxygen atoms in total. The molecular weight excluding hydrogens is 416 g/mol. The topological polar surface area (TPSA) is 101 Å². The highest BCUT2D eigenvalue weighted by Gasteiger charge is 2.24. The molecule has 32 heavy (non-hydrogen) atoms. The van der Waals surface area contributed by atoms with Crippen molar-refractivity contribution in [2.75, 3.05) is 17.2 Å². The first-order chi connectivity index (χ1) is 15.3. The highest BCUT2D eigenvalue weighted by atomic mass is 19.3. The van der Waals surface area contributed by atoms with E-state index in [1.807, 2.05) is 34.0 Å². The van der Waals surface area contributed by atoms with E-state index in [9.17, 15) is 8.78 Å². The van der Waals surface area contributed by atoms with Crippen molar-refractivity contribution in [3.8, 4) is 17.1 Å². The maximum Gasteiger partial charge on any atom is 0.281 e. The molecule has 170 valence electrons. The lowest BCUT2D eigenvalue weighted by Gasteiger charge is -2.21. The Morgan fingerprint density at radius 1 is 1.31 bits per heavy atom. The van der Waals surface area contributed by atoms with E-state index >= 15 is 0 Å². The van der Waals surface area contributed by atoms with Crippen LogP contribution in [0, 0.1) is 5.41 Å². The number of alkyl halides is 2. The number of anilines is 2. The first-order valence-electron chi connectivity index (χ1n) is 10.3. The zero-order valence-corrected chi connectivity index (χ0v) is 18.5. The van der Waals surface area contributed by atoms with Gasteiger partial charge in [-0.1, -0.05) is 0 Å². The summed E-state index contributed by atoms with van der Waals surface area (Å²) in [7, 11) is 1.82. The fourth-order valence-corrected chi connectivity index (χ4v) is 3.15. The Morgan fingerprint density at radius 2 is 2.09 bits per heavy atom. The Morgan fingerprint density at radius 3 is 2.72 bits per heavy atom. The zero-order chi connectivity index (χ0) is 23.3. The van der Waals surface area contributed by atoms with Gasteiger partial charge in [0.05, 0.1) is 35.4 Å². The third-order valence-corrected chi connectivity index (χ3v) is 4.50. The van der Waals surface area contributed by atoms with Gasteiger partial charge in [0.25, 0.3) is 6.43 Å². The molecule has 10 heteroatoms. The van der Waals surface area contributed by atoms with Gasteiger partial charge in [0.1, 0.15) is 11.4 Å². The zero-order valence-electron chi connectivity index (χ0n) is 18.5. The SMILES string of the molecule is CCOc1ncccc1-c1cc(NCc2cnn(C)c2)c(NC(C)C)c(C(=N)C(F)F)n1. The fraction of sp³-hybridized carbons (Fsp3) is 0.364. The van der Waals surface area contributed by atoms with Gasteiger partial charge in [0.2, 0.25) is 5.88 Å². The predicted molar refractivity (Wildman–Crippen MR) is 121 cm³/mol. The molecule has 0 aliphatic heterocycles. The number of aromatic nitrogens is 4. The number of hydrogen-bond acceptors (Lipinski definition) is 7. The average Bonchev–Trinajstić information content (AvgIpc) is 3.17. The summed E-state index contributed by atoms with van der Waals surface area (Å²) in [5, 5.41) is 18.6. The molecule has 0 amide bonds. The summed E-state index contributed by atoms with van der Waals surface area (Å²) in [4.78, 5) is 8.68. The standard InChI is InChI=1S/C22H27F2N7O/c1-5-32-22-15(7-6-8-26-22)16-9-17(27-10-14-11-28-31(4)12-14)19(29-13(2)3)20(30-16)18(25)21(23)24/h6-9,11-13,21,25,29H,5,10H2,1-4H3,(H,27,30). The summed E-state index contributed by atoms with van der Waals surface area (Å²) in [5.74, 6) is 0.347. The molecule has 0 aliphatic rings. The molecule has 0 radical (unpaired) electrons. The minimum Gasteiger partial charge on any atom is -0.477 e. The first kappa shape index (κ1) is 23.1. The van der Waals surface area contributed by atoms with Crippen LogP contribution in [0.3, 0.4) is 0 Å². The Hall–Kier alpha value is -3.56. The van der Waals surface area contributed by atoms with Crippen LogP contribution in [0.15, 0.2) is 36.8 Å². The van der Waals surface area contributed by atoms with Crippen LogP contribution >= 0.6 is 0 Å². The molecule has 0 fully saturated rings. The Kier molecular flexibility index (Phi) is 7.34.